The molecule has 7 nitrogen and oxygen atoms in total. The van der Waals surface area contributed by atoms with Crippen LogP contribution < -0.4 is 4.90 Å². The molecule has 2 aliphatic rings. The van der Waals surface area contributed by atoms with E-state index in [-0.39, 0.29) is 23.9 Å². The van der Waals surface area contributed by atoms with Crippen molar-refractivity contribution in [3.8, 4) is 0 Å². The van der Waals surface area contributed by atoms with E-state index < -0.39 is 0 Å². The van der Waals surface area contributed by atoms with Crippen LogP contribution in [0.3, 0.4) is 0 Å². The van der Waals surface area contributed by atoms with Gasteiger partial charge in [0.05, 0.1) is 17.9 Å². The Bertz CT molecular complexity index is 816. The monoisotopic (exact) mass is 359 g/mol. The number of amides is 1. The number of halogens is 1. The Hall–Kier alpha value is -2.48. The maximum absolute atomic E-state index is 13.9. The molecule has 2 aromatic heterocycles. The van der Waals surface area contributed by atoms with E-state index in [1.54, 1.807) is 17.2 Å². The second kappa shape index (κ2) is 6.68. The zero-order valence-electron chi connectivity index (χ0n) is 14.9. The molecule has 1 saturated heterocycles. The molecule has 1 N–H and O–H groups in total. The third kappa shape index (κ3) is 2.94. The molecule has 26 heavy (non-hydrogen) atoms. The number of nitrogens with zero attached hydrogens (tertiary/aromatic N) is 4. The standard InChI is InChI=1S/C18H22FN5O2/c1-11-10-13-15(12(2)26-11)21-22-16(13)18(25)24-8-6-23(7-9-24)17-14(19)4-3-5-20-17/h3-5,11-12H,6-10H2,1-2H3,(H,21,22)/t11-,12+/m1/s1. The first kappa shape index (κ1) is 17.0. The Balaban J connectivity index is 1.47. The molecule has 4 rings (SSSR count). The number of rotatable bonds is 2. The van der Waals surface area contributed by atoms with Crippen LogP contribution in [0.5, 0.6) is 0 Å². The van der Waals surface area contributed by atoms with Gasteiger partial charge in [-0.1, -0.05) is 0 Å². The summed E-state index contributed by atoms with van der Waals surface area (Å²) in [5.41, 5.74) is 2.33. The number of pyridine rings is 1. The predicted octanol–water partition coefficient (Wildman–Crippen LogP) is 1.93. The van der Waals surface area contributed by atoms with Crippen LogP contribution in [0.1, 0.15) is 41.7 Å². The lowest BCUT2D eigenvalue weighted by molar-refractivity contribution is -0.00702. The van der Waals surface area contributed by atoms with Crippen molar-refractivity contribution in [2.45, 2.75) is 32.5 Å². The van der Waals surface area contributed by atoms with Crippen molar-refractivity contribution in [3.63, 3.8) is 0 Å². The second-order valence-electron chi connectivity index (χ2n) is 6.85. The zero-order chi connectivity index (χ0) is 18.3. The fourth-order valence-electron chi connectivity index (χ4n) is 3.73. The molecule has 8 heteroatoms. The number of piperazine rings is 1. The topological polar surface area (TPSA) is 74.4 Å². The number of fused-ring (bicyclic) bond motifs is 1. The average Bonchev–Trinajstić information content (AvgIpc) is 3.06. The molecule has 0 radical (unpaired) electrons. The number of anilines is 1. The molecule has 4 heterocycles. The third-order valence-corrected chi connectivity index (χ3v) is 5.04. The van der Waals surface area contributed by atoms with Crippen LogP contribution in [0.25, 0.3) is 0 Å². The minimum atomic E-state index is -0.336. The van der Waals surface area contributed by atoms with Gasteiger partial charge in [-0.25, -0.2) is 9.37 Å². The summed E-state index contributed by atoms with van der Waals surface area (Å²) >= 11 is 0. The summed E-state index contributed by atoms with van der Waals surface area (Å²) in [6.45, 7) is 6.07. The van der Waals surface area contributed by atoms with Gasteiger partial charge in [-0.3, -0.25) is 9.89 Å². The number of nitrogens with one attached hydrogen (secondary N) is 1. The van der Waals surface area contributed by atoms with Crippen LogP contribution in [0.2, 0.25) is 0 Å². The van der Waals surface area contributed by atoms with Gasteiger partial charge in [-0.15, -0.1) is 0 Å². The number of aromatic nitrogens is 3. The largest absolute Gasteiger partial charge is 0.369 e. The smallest absolute Gasteiger partial charge is 0.274 e. The lowest BCUT2D eigenvalue weighted by Gasteiger charge is -2.35. The third-order valence-electron chi connectivity index (χ3n) is 5.04. The molecule has 1 amide bonds. The minimum Gasteiger partial charge on any atom is -0.369 e. The first-order valence-corrected chi connectivity index (χ1v) is 8.92. The van der Waals surface area contributed by atoms with Gasteiger partial charge in [-0.05, 0) is 26.0 Å². The van der Waals surface area contributed by atoms with Crippen molar-refractivity contribution in [3.05, 3.63) is 41.1 Å². The van der Waals surface area contributed by atoms with Crippen molar-refractivity contribution in [2.24, 2.45) is 0 Å². The highest BCUT2D eigenvalue weighted by atomic mass is 19.1. The highest BCUT2D eigenvalue weighted by Gasteiger charge is 2.32. The van der Waals surface area contributed by atoms with Gasteiger partial charge >= 0.3 is 0 Å². The molecule has 2 aliphatic heterocycles. The highest BCUT2D eigenvalue weighted by molar-refractivity contribution is 5.94. The minimum absolute atomic E-state index is 0.0608. The van der Waals surface area contributed by atoms with Crippen LogP contribution >= 0.6 is 0 Å². The second-order valence-corrected chi connectivity index (χ2v) is 6.85. The lowest BCUT2D eigenvalue weighted by atomic mass is 9.99. The summed E-state index contributed by atoms with van der Waals surface area (Å²) in [4.78, 5) is 20.7. The summed E-state index contributed by atoms with van der Waals surface area (Å²) in [5, 5.41) is 7.23. The van der Waals surface area contributed by atoms with E-state index in [9.17, 15) is 9.18 Å². The van der Waals surface area contributed by atoms with Gasteiger partial charge < -0.3 is 14.5 Å². The molecule has 0 aromatic carbocycles. The van der Waals surface area contributed by atoms with Gasteiger partial charge in [0, 0.05) is 44.4 Å². The van der Waals surface area contributed by atoms with E-state index in [1.165, 1.54) is 6.07 Å². The molecular weight excluding hydrogens is 337 g/mol. The van der Waals surface area contributed by atoms with E-state index in [2.05, 4.69) is 15.2 Å². The number of carbonyl (C=O) groups is 1. The number of H-pyrrole nitrogens is 1. The van der Waals surface area contributed by atoms with E-state index in [0.717, 1.165) is 11.3 Å². The summed E-state index contributed by atoms with van der Waals surface area (Å²) in [6, 6.07) is 2.98. The Kier molecular flexibility index (Phi) is 4.36. The molecular formula is C18H22FN5O2. The van der Waals surface area contributed by atoms with Crippen molar-refractivity contribution >= 4 is 11.7 Å². The molecule has 138 valence electrons. The van der Waals surface area contributed by atoms with Crippen LogP contribution in [-0.2, 0) is 11.2 Å². The Labute approximate surface area is 151 Å². The van der Waals surface area contributed by atoms with Crippen LogP contribution in [0.15, 0.2) is 18.3 Å². The number of hydrogen-bond donors (Lipinski definition) is 1. The first-order valence-electron chi connectivity index (χ1n) is 8.92. The Morgan fingerprint density at radius 3 is 2.81 bits per heavy atom. The van der Waals surface area contributed by atoms with Crippen molar-refractivity contribution in [1.29, 1.82) is 0 Å². The lowest BCUT2D eigenvalue weighted by Crippen LogP contribution is -2.49. The summed E-state index contributed by atoms with van der Waals surface area (Å²) in [5.74, 6) is -0.0712. The maximum Gasteiger partial charge on any atom is 0.274 e. The highest BCUT2D eigenvalue weighted by Crippen LogP contribution is 2.30. The van der Waals surface area contributed by atoms with Gasteiger partial charge in [-0.2, -0.15) is 5.10 Å². The zero-order valence-corrected chi connectivity index (χ0v) is 14.9. The Morgan fingerprint density at radius 1 is 1.31 bits per heavy atom. The fourth-order valence-corrected chi connectivity index (χ4v) is 3.73. The van der Waals surface area contributed by atoms with Crippen molar-refractivity contribution < 1.29 is 13.9 Å². The van der Waals surface area contributed by atoms with Gasteiger partial charge in [0.25, 0.3) is 5.91 Å². The van der Waals surface area contributed by atoms with Gasteiger partial charge in [0.2, 0.25) is 0 Å². The molecule has 0 saturated carbocycles. The molecule has 0 aliphatic carbocycles. The van der Waals surface area contributed by atoms with Crippen LogP contribution in [0, 0.1) is 5.82 Å². The molecule has 2 atom stereocenters. The van der Waals surface area contributed by atoms with Crippen molar-refractivity contribution in [2.75, 3.05) is 31.1 Å². The number of aromatic amines is 1. The maximum atomic E-state index is 13.9. The van der Waals surface area contributed by atoms with Gasteiger partial charge in [0.15, 0.2) is 17.3 Å². The van der Waals surface area contributed by atoms with Crippen molar-refractivity contribution in [1.82, 2.24) is 20.1 Å². The molecule has 0 spiro atoms. The Morgan fingerprint density at radius 2 is 2.08 bits per heavy atom. The molecule has 0 unspecified atom stereocenters. The van der Waals surface area contributed by atoms with Crippen LogP contribution in [-0.4, -0.2) is 58.3 Å². The number of carbonyl (C=O) groups excluding carboxylic acids is 1. The summed E-state index contributed by atoms with van der Waals surface area (Å²) in [7, 11) is 0. The van der Waals surface area contributed by atoms with Crippen LogP contribution in [0.4, 0.5) is 10.2 Å². The SMILES string of the molecule is C[C@@H]1Cc2c(C(=O)N3CCN(c4ncccc4F)CC3)n[nH]c2[C@H](C)O1. The van der Waals surface area contributed by atoms with E-state index in [1.807, 2.05) is 18.7 Å². The summed E-state index contributed by atoms with van der Waals surface area (Å²) < 4.78 is 19.7. The predicted molar refractivity (Wildman–Crippen MR) is 93.6 cm³/mol. The molecule has 0 bridgehead atoms. The normalized spacial score (nSPS) is 23.0. The van der Waals surface area contributed by atoms with E-state index >= 15 is 0 Å². The summed E-state index contributed by atoms with van der Waals surface area (Å²) in [6.07, 6.45) is 2.23. The fraction of sp³-hybridized carbons (Fsp3) is 0.500. The number of ether oxygens (including phenoxy) is 1. The molecule has 2 aromatic rings. The first-order chi connectivity index (χ1) is 12.5. The van der Waals surface area contributed by atoms with E-state index in [0.29, 0.717) is 44.1 Å². The number of hydrogen-bond acceptors (Lipinski definition) is 5. The van der Waals surface area contributed by atoms with Gasteiger partial charge in [0.1, 0.15) is 0 Å². The quantitative estimate of drug-likeness (QED) is 0.887. The average molecular weight is 359 g/mol. The molecule has 1 fully saturated rings. The van der Waals surface area contributed by atoms with E-state index in [4.69, 9.17) is 4.74 Å².